The van der Waals surface area contributed by atoms with Crippen LogP contribution in [0.25, 0.3) is 0 Å². The Hall–Kier alpha value is -3.09. The molecule has 3 fully saturated rings. The number of alkyl carbamates (subject to hydrolysis) is 1. The summed E-state index contributed by atoms with van der Waals surface area (Å²) in [5.41, 5.74) is 1.93. The summed E-state index contributed by atoms with van der Waals surface area (Å²) >= 11 is 0. The average Bonchev–Trinajstić information content (AvgIpc) is 3.53. The first-order chi connectivity index (χ1) is 29.6. The molecule has 1 aliphatic heterocycles. The predicted octanol–water partition coefficient (Wildman–Crippen LogP) is 7.56. The van der Waals surface area contributed by atoms with Crippen molar-refractivity contribution in [3.8, 4) is 5.75 Å². The summed E-state index contributed by atoms with van der Waals surface area (Å²) in [7, 11) is -1.58. The molecule has 1 aromatic carbocycles. The van der Waals surface area contributed by atoms with Crippen molar-refractivity contribution < 1.29 is 69.3 Å². The van der Waals surface area contributed by atoms with E-state index < -0.39 is 89.6 Å². The third kappa shape index (κ3) is 13.3. The standard InChI is InChI=1S/C45H67F5N2O10S/c1-27(2)39(51-42(56)61-29(5)60-40(54)28(3)4)41(55)62-37-13-12-36-38-30(9-7-21-63(57)22-8-15-44(46,47)45(48,49)50)23-31-24-33(10-11-34(31)35(38)14-16-43(36,37)6)59-26-32(53)25-52-17-19-58-20-18-52/h10-11,24,27-30,32,35-39,53H,7-9,12-23,25-26H2,1-6H3,(H,51,56)/t29?,30-,32?,35-,36+,37+,38-,39-,43+,63?/m1/s1. The van der Waals surface area contributed by atoms with Crippen LogP contribution in [0.2, 0.25) is 0 Å². The van der Waals surface area contributed by atoms with E-state index in [1.54, 1.807) is 27.7 Å². The Labute approximate surface area is 370 Å². The van der Waals surface area contributed by atoms with Crippen molar-refractivity contribution in [2.45, 2.75) is 142 Å². The number of esters is 2. The van der Waals surface area contributed by atoms with E-state index in [0.29, 0.717) is 51.2 Å². The molecule has 1 heterocycles. The number of carbonyl (C=O) groups excluding carboxylic acids is 3. The molecule has 1 saturated heterocycles. The van der Waals surface area contributed by atoms with E-state index in [0.717, 1.165) is 37.9 Å². The third-order valence-corrected chi connectivity index (χ3v) is 15.0. The number of amides is 1. The number of aliphatic hydroxyl groups excluding tert-OH is 1. The molecule has 2 N–H and O–H groups in total. The molecule has 63 heavy (non-hydrogen) atoms. The summed E-state index contributed by atoms with van der Waals surface area (Å²) in [6, 6.07) is 5.05. The minimum atomic E-state index is -5.64. The molecular formula is C45H67F5N2O10S. The van der Waals surface area contributed by atoms with E-state index in [4.69, 9.17) is 23.7 Å². The number of ether oxygens (including phenoxy) is 5. The summed E-state index contributed by atoms with van der Waals surface area (Å²) < 4.78 is 106. The van der Waals surface area contributed by atoms with Crippen molar-refractivity contribution in [2.75, 3.05) is 51.0 Å². The summed E-state index contributed by atoms with van der Waals surface area (Å²) in [4.78, 5) is 40.8. The number of hydrogen-bond acceptors (Lipinski definition) is 11. The Kier molecular flexibility index (Phi) is 17.7. The van der Waals surface area contributed by atoms with Gasteiger partial charge < -0.3 is 34.1 Å². The molecule has 0 radical (unpaired) electrons. The first kappa shape index (κ1) is 50.9. The summed E-state index contributed by atoms with van der Waals surface area (Å²) in [5, 5.41) is 13.3. The van der Waals surface area contributed by atoms with Gasteiger partial charge in [-0.1, -0.05) is 40.7 Å². The maximum Gasteiger partial charge on any atom is 0.453 e. The zero-order chi connectivity index (χ0) is 46.3. The number of halogens is 5. The van der Waals surface area contributed by atoms with E-state index in [1.807, 2.05) is 12.1 Å². The maximum atomic E-state index is 13.8. The minimum Gasteiger partial charge on any atom is -0.491 e. The maximum absolute atomic E-state index is 13.8. The van der Waals surface area contributed by atoms with Gasteiger partial charge in [-0.2, -0.15) is 22.0 Å². The Bertz CT molecular complexity index is 1730. The quantitative estimate of drug-likeness (QED) is 0.0759. The number of morpholine rings is 1. The fourth-order valence-corrected chi connectivity index (χ4v) is 11.3. The number of benzene rings is 1. The lowest BCUT2D eigenvalue weighted by molar-refractivity contribution is -0.284. The molecule has 5 rings (SSSR count). The lowest BCUT2D eigenvalue weighted by atomic mass is 9.52. The molecule has 1 aromatic rings. The SMILES string of the molecule is CC(OC(=O)N[C@@H](C(=O)O[C@H]1CC[C@H]2[C@@H]3[C@H](CCCS(=O)CCCC(F)(F)C(F)(F)F)Cc4cc(OCC(O)CN5CCOCC5)ccc4[C@H]3CC[C@]12C)C(C)C)OC(=O)C(C)C. The zero-order valence-corrected chi connectivity index (χ0v) is 38.2. The highest BCUT2D eigenvalue weighted by molar-refractivity contribution is 7.84. The van der Waals surface area contributed by atoms with Crippen LogP contribution in [0.15, 0.2) is 18.2 Å². The van der Waals surface area contributed by atoms with E-state index >= 15 is 0 Å². The van der Waals surface area contributed by atoms with Gasteiger partial charge in [-0.25, -0.2) is 9.59 Å². The number of nitrogens with zero attached hydrogens (tertiary/aromatic N) is 1. The molecule has 0 bridgehead atoms. The van der Waals surface area contributed by atoms with Crippen LogP contribution in [0.5, 0.6) is 5.75 Å². The molecule has 10 atom stereocenters. The predicted molar refractivity (Wildman–Crippen MR) is 225 cm³/mol. The van der Waals surface area contributed by atoms with Crippen molar-refractivity contribution in [3.05, 3.63) is 29.3 Å². The molecule has 1 amide bonds. The number of fused-ring (bicyclic) bond motifs is 5. The second kappa shape index (κ2) is 21.9. The number of nitrogens with one attached hydrogen (secondary N) is 1. The highest BCUT2D eigenvalue weighted by Gasteiger charge is 2.59. The van der Waals surface area contributed by atoms with E-state index in [2.05, 4.69) is 23.2 Å². The van der Waals surface area contributed by atoms with Gasteiger partial charge in [0, 0.05) is 60.7 Å². The van der Waals surface area contributed by atoms with Crippen molar-refractivity contribution in [2.24, 2.45) is 35.0 Å². The highest BCUT2D eigenvalue weighted by atomic mass is 32.2. The molecule has 18 heteroatoms. The topological polar surface area (TPSA) is 150 Å². The number of aliphatic hydroxyl groups is 1. The van der Waals surface area contributed by atoms with Gasteiger partial charge in [-0.3, -0.25) is 13.9 Å². The summed E-state index contributed by atoms with van der Waals surface area (Å²) in [5.74, 6) is -5.60. The first-order valence-corrected chi connectivity index (χ1v) is 24.0. The number of alkyl halides is 5. The van der Waals surface area contributed by atoms with Crippen LogP contribution in [-0.4, -0.2) is 120 Å². The minimum absolute atomic E-state index is 0.0990. The van der Waals surface area contributed by atoms with Crippen LogP contribution >= 0.6 is 0 Å². The first-order valence-electron chi connectivity index (χ1n) is 22.5. The molecule has 3 aliphatic carbocycles. The molecular weight excluding hydrogens is 856 g/mol. The van der Waals surface area contributed by atoms with Crippen molar-refractivity contribution >= 4 is 28.8 Å². The van der Waals surface area contributed by atoms with Crippen LogP contribution in [0, 0.1) is 35.0 Å². The molecule has 3 unspecified atom stereocenters. The number of hydrogen-bond donors (Lipinski definition) is 2. The van der Waals surface area contributed by atoms with Crippen molar-refractivity contribution in [3.63, 3.8) is 0 Å². The third-order valence-electron chi connectivity index (χ3n) is 13.5. The van der Waals surface area contributed by atoms with Crippen molar-refractivity contribution in [1.82, 2.24) is 10.2 Å². The number of rotatable bonds is 20. The Morgan fingerprint density at radius 2 is 1.68 bits per heavy atom. The van der Waals surface area contributed by atoms with E-state index in [9.17, 15) is 45.7 Å². The van der Waals surface area contributed by atoms with E-state index in [-0.39, 0.29) is 47.7 Å². The summed E-state index contributed by atoms with van der Waals surface area (Å²) in [6.45, 7) is 13.8. The second-order valence-corrected chi connectivity index (χ2v) is 20.5. The van der Waals surface area contributed by atoms with Crippen LogP contribution in [0.4, 0.5) is 26.7 Å². The largest absolute Gasteiger partial charge is 0.491 e. The molecule has 0 aromatic heterocycles. The van der Waals surface area contributed by atoms with Gasteiger partial charge in [-0.05, 0) is 104 Å². The van der Waals surface area contributed by atoms with Gasteiger partial charge >= 0.3 is 30.1 Å². The van der Waals surface area contributed by atoms with Gasteiger partial charge in [0.1, 0.15) is 30.6 Å². The van der Waals surface area contributed by atoms with Crippen LogP contribution in [-0.2, 0) is 45.8 Å². The Morgan fingerprint density at radius 1 is 0.984 bits per heavy atom. The molecule has 12 nitrogen and oxygen atoms in total. The van der Waals surface area contributed by atoms with Crippen molar-refractivity contribution in [1.29, 1.82) is 0 Å². The van der Waals surface area contributed by atoms with Gasteiger partial charge in [0.15, 0.2) is 0 Å². The highest BCUT2D eigenvalue weighted by Crippen LogP contribution is 2.63. The Morgan fingerprint density at radius 3 is 2.35 bits per heavy atom. The second-order valence-electron chi connectivity index (χ2n) is 18.8. The van der Waals surface area contributed by atoms with Gasteiger partial charge in [0.2, 0.25) is 6.29 Å². The average molecular weight is 923 g/mol. The molecule has 4 aliphatic rings. The monoisotopic (exact) mass is 922 g/mol. The molecule has 0 spiro atoms. The van der Waals surface area contributed by atoms with Crippen LogP contribution in [0.1, 0.15) is 110 Å². The summed E-state index contributed by atoms with van der Waals surface area (Å²) in [6.07, 6.45) is -6.00. The van der Waals surface area contributed by atoms with Crippen LogP contribution in [0.3, 0.4) is 0 Å². The molecule has 2 saturated carbocycles. The lowest BCUT2D eigenvalue weighted by Gasteiger charge is -2.53. The van der Waals surface area contributed by atoms with Gasteiger partial charge in [-0.15, -0.1) is 0 Å². The Balaban J connectivity index is 1.28. The normalized spacial score (nSPS) is 27.0. The van der Waals surface area contributed by atoms with Gasteiger partial charge in [0.05, 0.1) is 19.1 Å². The fraction of sp³-hybridized carbons (Fsp3) is 0.800. The number of β-amino-alcohol motifs (C(OH)–C–C–N with tert-alkyl or cyclic N) is 1. The van der Waals surface area contributed by atoms with Gasteiger partial charge in [0.25, 0.3) is 0 Å². The number of carbonyl (C=O) groups is 3. The van der Waals surface area contributed by atoms with Crippen LogP contribution < -0.4 is 10.1 Å². The fourth-order valence-electron chi connectivity index (χ4n) is 10.2. The smallest absolute Gasteiger partial charge is 0.453 e. The lowest BCUT2D eigenvalue weighted by Crippen LogP contribution is -2.51. The van der Waals surface area contributed by atoms with E-state index in [1.165, 1.54) is 12.5 Å². The zero-order valence-electron chi connectivity index (χ0n) is 37.4. The molecule has 358 valence electrons.